The van der Waals surface area contributed by atoms with Crippen molar-refractivity contribution in [3.63, 3.8) is 0 Å². The Kier molecular flexibility index (Phi) is 4.46. The minimum Gasteiger partial charge on any atom is -0.298 e. The van der Waals surface area contributed by atoms with Gasteiger partial charge in [0.05, 0.1) is 0 Å². The quantitative estimate of drug-likeness (QED) is 0.446. The summed E-state index contributed by atoms with van der Waals surface area (Å²) in [5, 5.41) is 0. The standard InChI is InChI=1S/C18H16O/c1-15(16-8-4-2-5-9-16)12-13-18(14-19)17-10-6-3-7-11-17/h2-14H,1H3. The molecule has 0 amide bonds. The summed E-state index contributed by atoms with van der Waals surface area (Å²) < 4.78 is 0. The summed E-state index contributed by atoms with van der Waals surface area (Å²) in [7, 11) is 0. The van der Waals surface area contributed by atoms with Crippen LogP contribution in [-0.4, -0.2) is 6.29 Å². The average Bonchev–Trinajstić information content (AvgIpc) is 2.49. The van der Waals surface area contributed by atoms with Crippen molar-refractivity contribution in [2.75, 3.05) is 0 Å². The molecular weight excluding hydrogens is 232 g/mol. The molecule has 1 heteroatoms. The van der Waals surface area contributed by atoms with Crippen molar-refractivity contribution in [2.24, 2.45) is 0 Å². The molecule has 0 heterocycles. The molecule has 2 aromatic rings. The van der Waals surface area contributed by atoms with Gasteiger partial charge in [-0.05, 0) is 23.6 Å². The van der Waals surface area contributed by atoms with Crippen LogP contribution >= 0.6 is 0 Å². The first-order chi connectivity index (χ1) is 9.31. The zero-order valence-electron chi connectivity index (χ0n) is 10.9. The summed E-state index contributed by atoms with van der Waals surface area (Å²) in [5.41, 5.74) is 3.93. The Bertz CT molecular complexity index is 592. The van der Waals surface area contributed by atoms with Gasteiger partial charge in [0.15, 0.2) is 6.29 Å². The molecule has 0 spiro atoms. The Morgan fingerprint density at radius 3 is 1.84 bits per heavy atom. The molecule has 0 saturated carbocycles. The second-order valence-corrected chi connectivity index (χ2v) is 4.32. The molecule has 0 aliphatic heterocycles. The molecule has 0 atom stereocenters. The lowest BCUT2D eigenvalue weighted by Crippen LogP contribution is -1.84. The van der Waals surface area contributed by atoms with Crippen LogP contribution in [-0.2, 0) is 4.79 Å². The van der Waals surface area contributed by atoms with Gasteiger partial charge in [-0.3, -0.25) is 4.79 Å². The Morgan fingerprint density at radius 1 is 0.789 bits per heavy atom. The van der Waals surface area contributed by atoms with Gasteiger partial charge < -0.3 is 0 Å². The molecule has 0 unspecified atom stereocenters. The van der Waals surface area contributed by atoms with E-state index in [0.29, 0.717) is 5.57 Å². The third-order valence-corrected chi connectivity index (χ3v) is 2.98. The van der Waals surface area contributed by atoms with E-state index in [1.807, 2.05) is 67.6 Å². The van der Waals surface area contributed by atoms with Gasteiger partial charge in [-0.1, -0.05) is 72.8 Å². The molecule has 94 valence electrons. The zero-order valence-corrected chi connectivity index (χ0v) is 10.9. The summed E-state index contributed by atoms with van der Waals surface area (Å²) in [6.45, 7) is 2.04. The molecule has 2 rings (SSSR count). The van der Waals surface area contributed by atoms with Crippen molar-refractivity contribution in [1.82, 2.24) is 0 Å². The summed E-state index contributed by atoms with van der Waals surface area (Å²) in [6.07, 6.45) is 4.74. The number of carbonyl (C=O) groups is 1. The number of carbonyl (C=O) groups excluding carboxylic acids is 1. The molecule has 2 aromatic carbocycles. The molecule has 0 aliphatic rings. The van der Waals surface area contributed by atoms with Crippen molar-refractivity contribution in [2.45, 2.75) is 6.92 Å². The molecule has 0 bridgehead atoms. The van der Waals surface area contributed by atoms with Gasteiger partial charge in [-0.25, -0.2) is 0 Å². The van der Waals surface area contributed by atoms with E-state index in [4.69, 9.17) is 0 Å². The minimum absolute atomic E-state index is 0.691. The van der Waals surface area contributed by atoms with Gasteiger partial charge in [-0.15, -0.1) is 0 Å². The fraction of sp³-hybridized carbons (Fsp3) is 0.0556. The maximum absolute atomic E-state index is 11.2. The van der Waals surface area contributed by atoms with Crippen LogP contribution in [0.15, 0.2) is 72.8 Å². The summed E-state index contributed by atoms with van der Waals surface area (Å²) in [6, 6.07) is 19.8. The third kappa shape index (κ3) is 3.52. The molecule has 1 nitrogen and oxygen atoms in total. The SMILES string of the molecule is CC(=CC=C(C=O)c1ccccc1)c1ccccc1. The Balaban J connectivity index is 2.27. The van der Waals surface area contributed by atoms with E-state index in [2.05, 4.69) is 12.1 Å². The predicted molar refractivity (Wildman–Crippen MR) is 80.6 cm³/mol. The van der Waals surface area contributed by atoms with Crippen LogP contribution in [0, 0.1) is 0 Å². The van der Waals surface area contributed by atoms with Crippen molar-refractivity contribution >= 4 is 17.4 Å². The van der Waals surface area contributed by atoms with Crippen LogP contribution in [0.3, 0.4) is 0 Å². The number of allylic oxidation sites excluding steroid dienone is 4. The first-order valence-corrected chi connectivity index (χ1v) is 6.26. The van der Waals surface area contributed by atoms with E-state index in [-0.39, 0.29) is 0 Å². The van der Waals surface area contributed by atoms with Gasteiger partial charge >= 0.3 is 0 Å². The first-order valence-electron chi connectivity index (χ1n) is 6.26. The van der Waals surface area contributed by atoms with Crippen LogP contribution in [0.25, 0.3) is 11.1 Å². The van der Waals surface area contributed by atoms with Crippen molar-refractivity contribution in [3.05, 3.63) is 83.9 Å². The monoisotopic (exact) mass is 248 g/mol. The molecule has 19 heavy (non-hydrogen) atoms. The normalized spacial score (nSPS) is 12.3. The molecular formula is C18H16O. The van der Waals surface area contributed by atoms with Gasteiger partial charge in [0.25, 0.3) is 0 Å². The highest BCUT2D eigenvalue weighted by atomic mass is 16.1. The average molecular weight is 248 g/mol. The summed E-state index contributed by atoms with van der Waals surface area (Å²) in [4.78, 5) is 11.2. The van der Waals surface area contributed by atoms with E-state index >= 15 is 0 Å². The molecule has 0 saturated heterocycles. The number of hydrogen-bond donors (Lipinski definition) is 0. The van der Waals surface area contributed by atoms with Gasteiger partial charge in [0, 0.05) is 5.57 Å². The molecule has 0 aromatic heterocycles. The molecule has 0 radical (unpaired) electrons. The minimum atomic E-state index is 0.691. The fourth-order valence-corrected chi connectivity index (χ4v) is 1.85. The highest BCUT2D eigenvalue weighted by molar-refractivity contribution is 6.07. The maximum Gasteiger partial charge on any atom is 0.150 e. The van der Waals surface area contributed by atoms with Crippen molar-refractivity contribution in [1.29, 1.82) is 0 Å². The van der Waals surface area contributed by atoms with E-state index in [0.717, 1.165) is 23.0 Å². The van der Waals surface area contributed by atoms with Crippen LogP contribution in [0.5, 0.6) is 0 Å². The van der Waals surface area contributed by atoms with Crippen LogP contribution in [0.2, 0.25) is 0 Å². The Morgan fingerprint density at radius 2 is 1.32 bits per heavy atom. The van der Waals surface area contributed by atoms with Crippen molar-refractivity contribution < 1.29 is 4.79 Å². The topological polar surface area (TPSA) is 17.1 Å². The summed E-state index contributed by atoms with van der Waals surface area (Å²) in [5.74, 6) is 0. The van der Waals surface area contributed by atoms with Gasteiger partial charge in [0.2, 0.25) is 0 Å². The van der Waals surface area contributed by atoms with Gasteiger partial charge in [-0.2, -0.15) is 0 Å². The van der Waals surface area contributed by atoms with Crippen LogP contribution in [0.1, 0.15) is 18.1 Å². The van der Waals surface area contributed by atoms with E-state index in [1.165, 1.54) is 0 Å². The number of hydrogen-bond acceptors (Lipinski definition) is 1. The highest BCUT2D eigenvalue weighted by Gasteiger charge is 1.98. The Hall–Kier alpha value is -2.41. The predicted octanol–water partition coefficient (Wildman–Crippen LogP) is 4.37. The molecule has 0 N–H and O–H groups in total. The van der Waals surface area contributed by atoms with Crippen LogP contribution < -0.4 is 0 Å². The van der Waals surface area contributed by atoms with Crippen molar-refractivity contribution in [3.8, 4) is 0 Å². The fourth-order valence-electron chi connectivity index (χ4n) is 1.85. The molecule has 0 aliphatic carbocycles. The van der Waals surface area contributed by atoms with E-state index < -0.39 is 0 Å². The van der Waals surface area contributed by atoms with Crippen LogP contribution in [0.4, 0.5) is 0 Å². The number of benzene rings is 2. The van der Waals surface area contributed by atoms with Gasteiger partial charge in [0.1, 0.15) is 0 Å². The highest BCUT2D eigenvalue weighted by Crippen LogP contribution is 2.16. The zero-order chi connectivity index (χ0) is 13.5. The summed E-state index contributed by atoms with van der Waals surface area (Å²) >= 11 is 0. The second-order valence-electron chi connectivity index (χ2n) is 4.32. The first kappa shape index (κ1) is 13.0. The lowest BCUT2D eigenvalue weighted by molar-refractivity contribution is -0.103. The second kappa shape index (κ2) is 6.50. The lowest BCUT2D eigenvalue weighted by Gasteiger charge is -2.01. The maximum atomic E-state index is 11.2. The number of rotatable bonds is 4. The van der Waals surface area contributed by atoms with E-state index in [1.54, 1.807) is 0 Å². The number of aldehydes is 1. The lowest BCUT2D eigenvalue weighted by atomic mass is 10.0. The Labute approximate surface area is 113 Å². The third-order valence-electron chi connectivity index (χ3n) is 2.98. The van der Waals surface area contributed by atoms with E-state index in [9.17, 15) is 4.79 Å². The smallest absolute Gasteiger partial charge is 0.150 e. The largest absolute Gasteiger partial charge is 0.298 e. The molecule has 0 fully saturated rings.